The summed E-state index contributed by atoms with van der Waals surface area (Å²) in [6.45, 7) is 15.8. The van der Waals surface area contributed by atoms with Crippen molar-refractivity contribution in [1.82, 2.24) is 0 Å². The van der Waals surface area contributed by atoms with E-state index in [-0.39, 0.29) is 0 Å². The molecular formula is C72H93Br4ClS5Zn. The topological polar surface area (TPSA) is 0 Å². The van der Waals surface area contributed by atoms with Crippen LogP contribution in [0, 0.1) is 19.2 Å². The van der Waals surface area contributed by atoms with Crippen molar-refractivity contribution in [1.29, 1.82) is 0 Å². The first-order valence-corrected chi connectivity index (χ1v) is 42.3. The van der Waals surface area contributed by atoms with E-state index in [0.717, 1.165) is 17.3 Å². The summed E-state index contributed by atoms with van der Waals surface area (Å²) >= 11 is 24.1. The Kier molecular flexibility index (Phi) is 40.6. The van der Waals surface area contributed by atoms with Gasteiger partial charge in [0.25, 0.3) is 0 Å². The Hall–Kier alpha value is -1.01. The predicted octanol–water partition coefficient (Wildman–Crippen LogP) is 29.3. The van der Waals surface area contributed by atoms with E-state index in [1.54, 1.807) is 39.6 Å². The zero-order valence-corrected chi connectivity index (χ0v) is 65.3. The minimum absolute atomic E-state index is 0.847. The molecule has 8 rings (SSSR count). The number of rotatable bonds is 31. The van der Waals surface area contributed by atoms with E-state index < -0.39 is 0 Å². The molecule has 0 unspecified atom stereocenters. The van der Waals surface area contributed by atoms with Gasteiger partial charge in [-0.25, -0.2) is 0 Å². The van der Waals surface area contributed by atoms with Crippen LogP contribution in [-0.2, 0) is 49.4 Å². The Morgan fingerprint density at radius 1 is 0.410 bits per heavy atom. The van der Waals surface area contributed by atoms with Gasteiger partial charge in [-0.3, -0.25) is 11.3 Å². The summed E-state index contributed by atoms with van der Waals surface area (Å²) in [5.74, 6) is 0. The summed E-state index contributed by atoms with van der Waals surface area (Å²) in [7, 11) is 4.76. The first-order chi connectivity index (χ1) is 40.5. The Morgan fingerprint density at radius 2 is 0.843 bits per heavy atom. The fourth-order valence-corrected chi connectivity index (χ4v) is 17.6. The van der Waals surface area contributed by atoms with E-state index >= 15 is 0 Å². The Bertz CT molecular complexity index is 2790. The summed E-state index contributed by atoms with van der Waals surface area (Å²) in [6, 6.07) is 38.7. The van der Waals surface area contributed by atoms with Gasteiger partial charge in [0.15, 0.2) is 0 Å². The van der Waals surface area contributed by atoms with Gasteiger partial charge in [-0.15, -0.1) is 72.2 Å². The molecule has 11 heteroatoms. The van der Waals surface area contributed by atoms with E-state index in [2.05, 4.69) is 226 Å². The molecule has 0 aliphatic carbocycles. The van der Waals surface area contributed by atoms with Gasteiger partial charge in [0.05, 0.1) is 11.4 Å². The molecule has 0 aliphatic rings. The van der Waals surface area contributed by atoms with Gasteiger partial charge in [-0.1, -0.05) is 226 Å². The Morgan fingerprint density at radius 3 is 1.25 bits per heavy atom. The van der Waals surface area contributed by atoms with Gasteiger partial charge in [0, 0.05) is 25.1 Å². The van der Waals surface area contributed by atoms with Crippen molar-refractivity contribution in [3.8, 4) is 43.1 Å². The van der Waals surface area contributed by atoms with Crippen molar-refractivity contribution < 1.29 is 17.3 Å². The fraction of sp³-hybridized carbons (Fsp3) is 0.472. The zero-order valence-electron chi connectivity index (χ0n) is 51.1. The third-order valence-corrected chi connectivity index (χ3v) is 22.9. The molecule has 0 nitrogen and oxygen atoms in total. The zero-order chi connectivity index (χ0) is 60.0. The van der Waals surface area contributed by atoms with Crippen molar-refractivity contribution >= 4 is 130 Å². The number of benzene rings is 3. The van der Waals surface area contributed by atoms with Gasteiger partial charge in [-0.05, 0) is 200 Å². The second-order valence-electron chi connectivity index (χ2n) is 21.7. The van der Waals surface area contributed by atoms with Gasteiger partial charge in [0.2, 0.25) is 0 Å². The van der Waals surface area contributed by atoms with Gasteiger partial charge < -0.3 is 0 Å². The fourth-order valence-electron chi connectivity index (χ4n) is 9.95. The first-order valence-electron chi connectivity index (χ1n) is 31.0. The van der Waals surface area contributed by atoms with Crippen LogP contribution in [0.3, 0.4) is 0 Å². The van der Waals surface area contributed by atoms with Crippen LogP contribution in [0.15, 0.2) is 124 Å². The first kappa shape index (κ1) is 74.5. The summed E-state index contributed by atoms with van der Waals surface area (Å²) in [5.41, 5.74) is 15.3. The van der Waals surface area contributed by atoms with Crippen LogP contribution < -0.4 is 0 Å². The quantitative estimate of drug-likeness (QED) is 0.0231. The number of aryl methyl sites for hydroxylation is 7. The molecule has 0 spiro atoms. The van der Waals surface area contributed by atoms with Crippen LogP contribution in [0.5, 0.6) is 0 Å². The SMILES string of the molecule is CCCCCCCCc1ccc(-c2c[c-]sc2Br)cc1.CCCCCCCCc1ccc(-c2cc(-c3sc(C)cc3CCCC)sc2C)cc1.CCCCCCCCc1ccc(-c2ccsc2Br)cc1.CCCCc1cc(Br)sc1Br.[Cl][Zn+]. The third kappa shape index (κ3) is 28.6. The Labute approximate surface area is 572 Å². The molecule has 5 aromatic heterocycles. The molecule has 0 aliphatic heterocycles. The molecule has 0 saturated carbocycles. The molecule has 0 saturated heterocycles. The van der Waals surface area contributed by atoms with Crippen LogP contribution in [0.2, 0.25) is 0 Å². The molecule has 0 N–H and O–H groups in total. The van der Waals surface area contributed by atoms with Crippen LogP contribution in [0.25, 0.3) is 43.1 Å². The average molecular weight is 1540 g/mol. The molecule has 0 amide bonds. The molecule has 0 fully saturated rings. The number of hydrogen-bond donors (Lipinski definition) is 0. The minimum atomic E-state index is 0.847. The van der Waals surface area contributed by atoms with Crippen molar-refractivity contribution in [2.24, 2.45) is 0 Å². The van der Waals surface area contributed by atoms with Crippen molar-refractivity contribution in [3.05, 3.63) is 167 Å². The maximum atomic E-state index is 4.76. The van der Waals surface area contributed by atoms with Crippen LogP contribution in [0.4, 0.5) is 0 Å². The van der Waals surface area contributed by atoms with E-state index in [9.17, 15) is 0 Å². The molecule has 448 valence electrons. The van der Waals surface area contributed by atoms with Crippen LogP contribution >= 0.6 is 130 Å². The summed E-state index contributed by atoms with van der Waals surface area (Å²) < 4.78 is 4.88. The monoisotopic (exact) mass is 1530 g/mol. The van der Waals surface area contributed by atoms with E-state index in [1.165, 1.54) is 264 Å². The van der Waals surface area contributed by atoms with Crippen LogP contribution in [-0.4, -0.2) is 0 Å². The second-order valence-corrected chi connectivity index (χ2v) is 32.3. The second kappa shape index (κ2) is 45.3. The van der Waals surface area contributed by atoms with E-state index in [1.807, 2.05) is 22.7 Å². The standard InChI is InChI=1S/C28H38S2.C18H23BrS.C18H22BrS.C8H10Br2S.ClH.Zn/c1-5-7-9-10-11-12-13-23-15-17-24(18-16-23)26-20-27(30-22(26)4)28-25(14-8-6-2)19-21(3)29-28;2*1-2-3-4-5-6-7-8-15-9-11-16(12-10-15)17-13-14-20-18(17)19;1-2-3-4-6-5-7(9)11-8(6)10;;/h15-20H,5-14H2,1-4H3;9-14H,2-8H2,1H3;9-13H,2-8H2,1H3;5H,2-4H2,1H3;1H;/q;;-1;;;+2/p-1. The number of halogens is 5. The molecule has 3 aromatic carbocycles. The molecule has 5 heterocycles. The normalized spacial score (nSPS) is 10.8. The predicted molar refractivity (Wildman–Crippen MR) is 390 cm³/mol. The molecule has 0 bridgehead atoms. The number of unbranched alkanes of at least 4 members (excludes halogenated alkanes) is 17. The van der Waals surface area contributed by atoms with E-state index in [0.29, 0.717) is 0 Å². The van der Waals surface area contributed by atoms with Gasteiger partial charge >= 0.3 is 27.0 Å². The summed E-state index contributed by atoms with van der Waals surface area (Å²) in [4.78, 5) is 5.81. The molecule has 0 atom stereocenters. The van der Waals surface area contributed by atoms with Crippen molar-refractivity contribution in [2.75, 3.05) is 0 Å². The molecule has 83 heavy (non-hydrogen) atoms. The summed E-state index contributed by atoms with van der Waals surface area (Å²) in [5, 5.41) is 5.29. The van der Waals surface area contributed by atoms with Gasteiger partial charge in [-0.2, -0.15) is 6.07 Å². The Balaban J connectivity index is 0.000000247. The number of thiophene rings is 5. The average Bonchev–Trinajstić information content (AvgIpc) is 4.47. The molecule has 8 aromatic rings. The molecule has 0 radical (unpaired) electrons. The molecular weight excluding hydrogens is 1450 g/mol. The number of hydrogen-bond acceptors (Lipinski definition) is 5. The summed E-state index contributed by atoms with van der Waals surface area (Å²) in [6.07, 6.45) is 35.8. The maximum absolute atomic E-state index is 4.76. The van der Waals surface area contributed by atoms with E-state index in [4.69, 9.17) is 9.69 Å². The van der Waals surface area contributed by atoms with Gasteiger partial charge in [0.1, 0.15) is 0 Å². The third-order valence-electron chi connectivity index (χ3n) is 14.8. The van der Waals surface area contributed by atoms with Crippen molar-refractivity contribution in [2.45, 2.75) is 222 Å². The van der Waals surface area contributed by atoms with Crippen LogP contribution in [0.1, 0.15) is 213 Å². The van der Waals surface area contributed by atoms with Crippen molar-refractivity contribution in [3.63, 3.8) is 0 Å².